The highest BCUT2D eigenvalue weighted by atomic mass is 16.3. The molecule has 0 fully saturated rings. The number of carbonyl (C=O) groups is 1. The largest absolute Gasteiger partial charge is 0.465 e. The first kappa shape index (κ1) is 16.0. The lowest BCUT2D eigenvalue weighted by Gasteiger charge is -2.16. The summed E-state index contributed by atoms with van der Waals surface area (Å²) in [7, 11) is 0. The Morgan fingerprint density at radius 1 is 0.962 bits per heavy atom. The van der Waals surface area contributed by atoms with Crippen molar-refractivity contribution in [3.05, 3.63) is 102 Å². The highest BCUT2D eigenvalue weighted by Crippen LogP contribution is 2.28. The van der Waals surface area contributed by atoms with E-state index >= 15 is 0 Å². The second-order valence-corrected chi connectivity index (χ2v) is 5.89. The van der Waals surface area contributed by atoms with E-state index in [1.165, 1.54) is 6.08 Å². The van der Waals surface area contributed by atoms with Gasteiger partial charge in [-0.2, -0.15) is 0 Å². The van der Waals surface area contributed by atoms with E-state index in [9.17, 15) is 4.79 Å². The van der Waals surface area contributed by atoms with Crippen molar-refractivity contribution in [2.24, 2.45) is 0 Å². The Labute approximate surface area is 150 Å². The molecule has 26 heavy (non-hydrogen) atoms. The van der Waals surface area contributed by atoms with Crippen molar-refractivity contribution in [2.45, 2.75) is 6.04 Å². The van der Waals surface area contributed by atoms with E-state index in [2.05, 4.69) is 5.32 Å². The van der Waals surface area contributed by atoms with Gasteiger partial charge in [-0.25, -0.2) is 0 Å². The van der Waals surface area contributed by atoms with Crippen LogP contribution in [0.15, 0.2) is 94.0 Å². The summed E-state index contributed by atoms with van der Waals surface area (Å²) in [5.41, 5.74) is 1.75. The quantitative estimate of drug-likeness (QED) is 0.522. The first-order valence-corrected chi connectivity index (χ1v) is 8.35. The third-order valence-corrected chi connectivity index (χ3v) is 4.09. The normalized spacial score (nSPS) is 12.5. The molecule has 4 rings (SSSR count). The highest BCUT2D eigenvalue weighted by molar-refractivity contribution is 5.92. The van der Waals surface area contributed by atoms with Crippen molar-refractivity contribution < 1.29 is 13.6 Å². The van der Waals surface area contributed by atoms with E-state index in [0.29, 0.717) is 11.5 Å². The van der Waals surface area contributed by atoms with Gasteiger partial charge in [-0.3, -0.25) is 4.79 Å². The van der Waals surface area contributed by atoms with E-state index in [1.807, 2.05) is 60.7 Å². The third-order valence-electron chi connectivity index (χ3n) is 4.09. The molecular weight excluding hydrogens is 326 g/mol. The van der Waals surface area contributed by atoms with Gasteiger partial charge in [-0.1, -0.05) is 48.5 Å². The topological polar surface area (TPSA) is 55.4 Å². The van der Waals surface area contributed by atoms with Crippen LogP contribution in [0, 0.1) is 0 Å². The molecule has 1 atom stereocenters. The van der Waals surface area contributed by atoms with Crippen molar-refractivity contribution in [3.8, 4) is 0 Å². The minimum Gasteiger partial charge on any atom is -0.465 e. The SMILES string of the molecule is O=C(/C=C/c1ccco1)N[C@@H](c1ccccc1)c1cc2ccccc2o1. The average molecular weight is 343 g/mol. The molecule has 0 saturated carbocycles. The predicted molar refractivity (Wildman–Crippen MR) is 100 cm³/mol. The first-order valence-electron chi connectivity index (χ1n) is 8.35. The molecule has 0 aliphatic rings. The summed E-state index contributed by atoms with van der Waals surface area (Å²) >= 11 is 0. The number of furan rings is 2. The van der Waals surface area contributed by atoms with Gasteiger partial charge in [0.25, 0.3) is 0 Å². The molecule has 2 aromatic carbocycles. The number of carbonyl (C=O) groups excluding carboxylic acids is 1. The van der Waals surface area contributed by atoms with Gasteiger partial charge in [0.05, 0.1) is 6.26 Å². The zero-order valence-corrected chi connectivity index (χ0v) is 14.0. The van der Waals surface area contributed by atoms with E-state index < -0.39 is 0 Å². The Kier molecular flexibility index (Phi) is 4.39. The standard InChI is InChI=1S/C22H17NO3/c24-21(13-12-18-10-6-14-25-18)23-22(16-7-2-1-3-8-16)20-15-17-9-4-5-11-19(17)26-20/h1-15,22H,(H,23,24)/b13-12+/t22-/m0/s1. The number of amides is 1. The van der Waals surface area contributed by atoms with Gasteiger partial charge >= 0.3 is 0 Å². The zero-order valence-electron chi connectivity index (χ0n) is 14.0. The van der Waals surface area contributed by atoms with E-state index in [4.69, 9.17) is 8.83 Å². The second kappa shape index (κ2) is 7.15. The molecule has 4 aromatic rings. The maximum absolute atomic E-state index is 12.4. The van der Waals surface area contributed by atoms with Gasteiger partial charge in [0.15, 0.2) is 0 Å². The van der Waals surface area contributed by atoms with Crippen LogP contribution in [0.3, 0.4) is 0 Å². The zero-order chi connectivity index (χ0) is 17.8. The molecule has 1 N–H and O–H groups in total. The summed E-state index contributed by atoms with van der Waals surface area (Å²) in [6.45, 7) is 0. The summed E-state index contributed by atoms with van der Waals surface area (Å²) < 4.78 is 11.2. The summed E-state index contributed by atoms with van der Waals surface area (Å²) in [5, 5.41) is 4.02. The van der Waals surface area contributed by atoms with Crippen LogP contribution in [0.4, 0.5) is 0 Å². The monoisotopic (exact) mass is 343 g/mol. The molecule has 2 aromatic heterocycles. The molecule has 0 bridgehead atoms. The van der Waals surface area contributed by atoms with E-state index in [0.717, 1.165) is 16.5 Å². The molecule has 128 valence electrons. The predicted octanol–water partition coefficient (Wildman–Crippen LogP) is 4.94. The van der Waals surface area contributed by atoms with E-state index in [1.54, 1.807) is 24.5 Å². The number of benzene rings is 2. The molecule has 1 amide bonds. The summed E-state index contributed by atoms with van der Waals surface area (Å²) in [5.74, 6) is 1.09. The summed E-state index contributed by atoms with van der Waals surface area (Å²) in [4.78, 5) is 12.4. The molecule has 0 aliphatic carbocycles. The second-order valence-electron chi connectivity index (χ2n) is 5.89. The maximum atomic E-state index is 12.4. The summed E-state index contributed by atoms with van der Waals surface area (Å²) in [6.07, 6.45) is 4.66. The van der Waals surface area contributed by atoms with Crippen molar-refractivity contribution in [2.75, 3.05) is 0 Å². The van der Waals surface area contributed by atoms with Crippen LogP contribution in [-0.4, -0.2) is 5.91 Å². The Balaban J connectivity index is 1.64. The molecule has 0 radical (unpaired) electrons. The Morgan fingerprint density at radius 2 is 1.77 bits per heavy atom. The third kappa shape index (κ3) is 3.44. The number of para-hydroxylation sites is 1. The van der Waals surface area contributed by atoms with Gasteiger partial charge in [0, 0.05) is 11.5 Å². The van der Waals surface area contributed by atoms with E-state index in [-0.39, 0.29) is 11.9 Å². The Bertz CT molecular complexity index is 997. The van der Waals surface area contributed by atoms with Crippen LogP contribution in [-0.2, 0) is 4.79 Å². The van der Waals surface area contributed by atoms with Crippen LogP contribution >= 0.6 is 0 Å². The number of rotatable bonds is 5. The van der Waals surface area contributed by atoms with Gasteiger partial charge in [0.2, 0.25) is 5.91 Å². The molecular formula is C22H17NO3. The fraction of sp³-hybridized carbons (Fsp3) is 0.0455. The maximum Gasteiger partial charge on any atom is 0.244 e. The van der Waals surface area contributed by atoms with Crippen LogP contribution in [0.5, 0.6) is 0 Å². The minimum absolute atomic E-state index is 0.226. The lowest BCUT2D eigenvalue weighted by Crippen LogP contribution is -2.27. The molecule has 4 nitrogen and oxygen atoms in total. The molecule has 0 aliphatic heterocycles. The van der Waals surface area contributed by atoms with Crippen molar-refractivity contribution in [1.82, 2.24) is 5.32 Å². The molecule has 4 heteroatoms. The highest BCUT2D eigenvalue weighted by Gasteiger charge is 2.20. The van der Waals surface area contributed by atoms with Gasteiger partial charge in [-0.05, 0) is 35.9 Å². The average Bonchev–Trinajstić information content (AvgIpc) is 3.34. The van der Waals surface area contributed by atoms with Gasteiger partial charge in [0.1, 0.15) is 23.1 Å². The number of nitrogens with one attached hydrogen (secondary N) is 1. The molecule has 0 spiro atoms. The summed E-state index contributed by atoms with van der Waals surface area (Å²) in [6, 6.07) is 22.7. The van der Waals surface area contributed by atoms with Crippen molar-refractivity contribution in [3.63, 3.8) is 0 Å². The van der Waals surface area contributed by atoms with Gasteiger partial charge < -0.3 is 14.2 Å². The fourth-order valence-electron chi connectivity index (χ4n) is 2.84. The Hall–Kier alpha value is -3.53. The minimum atomic E-state index is -0.377. The smallest absolute Gasteiger partial charge is 0.244 e. The molecule has 0 saturated heterocycles. The molecule has 2 heterocycles. The van der Waals surface area contributed by atoms with Crippen molar-refractivity contribution >= 4 is 23.0 Å². The fourth-order valence-corrected chi connectivity index (χ4v) is 2.84. The van der Waals surface area contributed by atoms with Crippen LogP contribution in [0.2, 0.25) is 0 Å². The number of hydrogen-bond donors (Lipinski definition) is 1. The van der Waals surface area contributed by atoms with Gasteiger partial charge in [-0.15, -0.1) is 0 Å². The lowest BCUT2D eigenvalue weighted by molar-refractivity contribution is -0.117. The van der Waals surface area contributed by atoms with Crippen LogP contribution in [0.25, 0.3) is 17.0 Å². The van der Waals surface area contributed by atoms with Crippen LogP contribution in [0.1, 0.15) is 23.1 Å². The number of hydrogen-bond acceptors (Lipinski definition) is 3. The number of fused-ring (bicyclic) bond motifs is 1. The Morgan fingerprint density at radius 3 is 2.54 bits per heavy atom. The van der Waals surface area contributed by atoms with Crippen LogP contribution < -0.4 is 5.32 Å². The first-order chi connectivity index (χ1) is 12.8. The van der Waals surface area contributed by atoms with Crippen molar-refractivity contribution in [1.29, 1.82) is 0 Å². The molecule has 0 unspecified atom stereocenters. The lowest BCUT2D eigenvalue weighted by atomic mass is 10.0.